The van der Waals surface area contributed by atoms with Crippen LogP contribution in [0, 0.1) is 0 Å². The van der Waals surface area contributed by atoms with E-state index in [9.17, 15) is 23.1 Å². The molecule has 2 saturated heterocycles. The number of halogens is 3. The number of urea groups is 1. The summed E-state index contributed by atoms with van der Waals surface area (Å²) in [4.78, 5) is 16.1. The molecule has 5 nitrogen and oxygen atoms in total. The van der Waals surface area contributed by atoms with Crippen LogP contribution < -0.4 is 5.32 Å². The minimum atomic E-state index is -4.32. The first-order valence-corrected chi connectivity index (χ1v) is 9.43. The van der Waals surface area contributed by atoms with E-state index in [1.165, 1.54) is 12.1 Å². The van der Waals surface area contributed by atoms with Crippen molar-refractivity contribution in [1.82, 2.24) is 15.1 Å². The Morgan fingerprint density at radius 1 is 1.19 bits per heavy atom. The van der Waals surface area contributed by atoms with E-state index < -0.39 is 17.8 Å². The summed E-state index contributed by atoms with van der Waals surface area (Å²) in [6.45, 7) is 2.97. The molecule has 1 aromatic carbocycles. The molecular formula is C19H26F3N3O2. The van der Waals surface area contributed by atoms with Crippen molar-refractivity contribution in [2.45, 2.75) is 50.6 Å². The van der Waals surface area contributed by atoms with E-state index in [1.807, 2.05) is 0 Å². The maximum Gasteiger partial charge on any atom is 0.416 e. The van der Waals surface area contributed by atoms with Gasteiger partial charge in [0.25, 0.3) is 0 Å². The fourth-order valence-electron chi connectivity index (χ4n) is 3.74. The molecule has 0 saturated carbocycles. The Bertz CT molecular complexity index is 645. The highest BCUT2D eigenvalue weighted by Gasteiger charge is 2.31. The predicted molar refractivity (Wildman–Crippen MR) is 95.1 cm³/mol. The second-order valence-electron chi connectivity index (χ2n) is 7.44. The summed E-state index contributed by atoms with van der Waals surface area (Å²) >= 11 is 0. The fraction of sp³-hybridized carbons (Fsp3) is 0.632. The van der Waals surface area contributed by atoms with E-state index in [-0.39, 0.29) is 12.1 Å². The second kappa shape index (κ2) is 8.48. The molecule has 2 N–H and O–H groups in total. The monoisotopic (exact) mass is 385 g/mol. The Kier molecular flexibility index (Phi) is 6.26. The van der Waals surface area contributed by atoms with Crippen LogP contribution in [0.4, 0.5) is 18.0 Å². The number of nitrogens with one attached hydrogen (secondary N) is 1. The molecular weight excluding hydrogens is 359 g/mol. The molecule has 1 aromatic rings. The van der Waals surface area contributed by atoms with Crippen molar-refractivity contribution in [3.05, 3.63) is 35.4 Å². The number of piperidine rings is 2. The molecule has 8 heteroatoms. The van der Waals surface area contributed by atoms with Gasteiger partial charge in [0.2, 0.25) is 0 Å². The number of carbonyl (C=O) groups excluding carboxylic acids is 1. The van der Waals surface area contributed by atoms with Gasteiger partial charge in [-0.15, -0.1) is 0 Å². The van der Waals surface area contributed by atoms with Gasteiger partial charge in [0.05, 0.1) is 11.7 Å². The molecule has 2 heterocycles. The van der Waals surface area contributed by atoms with Crippen LogP contribution in [0.5, 0.6) is 0 Å². The first-order chi connectivity index (χ1) is 12.8. The summed E-state index contributed by atoms with van der Waals surface area (Å²) < 4.78 is 38.5. The minimum Gasteiger partial charge on any atom is -0.391 e. The van der Waals surface area contributed by atoms with Gasteiger partial charge in [-0.1, -0.05) is 18.2 Å². The summed E-state index contributed by atoms with van der Waals surface area (Å²) in [5.41, 5.74) is 0.0282. The first-order valence-electron chi connectivity index (χ1n) is 9.43. The van der Waals surface area contributed by atoms with Crippen molar-refractivity contribution >= 4 is 6.03 Å². The normalized spacial score (nSPS) is 22.7. The second-order valence-corrected chi connectivity index (χ2v) is 7.44. The van der Waals surface area contributed by atoms with Crippen LogP contribution in [-0.4, -0.2) is 59.3 Å². The molecule has 2 aliphatic rings. The third-order valence-corrected chi connectivity index (χ3v) is 5.26. The summed E-state index contributed by atoms with van der Waals surface area (Å²) in [5, 5.41) is 12.7. The molecule has 0 bridgehead atoms. The van der Waals surface area contributed by atoms with Crippen LogP contribution >= 0.6 is 0 Å². The molecule has 0 spiro atoms. The lowest BCUT2D eigenvalue weighted by atomic mass is 10.0. The molecule has 0 radical (unpaired) electrons. The Balaban J connectivity index is 1.46. The highest BCUT2D eigenvalue weighted by molar-refractivity contribution is 5.74. The number of benzene rings is 1. The molecule has 1 atom stereocenters. The quantitative estimate of drug-likeness (QED) is 0.841. The van der Waals surface area contributed by atoms with Gasteiger partial charge < -0.3 is 15.3 Å². The third-order valence-electron chi connectivity index (χ3n) is 5.26. The van der Waals surface area contributed by atoms with E-state index in [0.29, 0.717) is 25.2 Å². The van der Waals surface area contributed by atoms with Gasteiger partial charge in [0.15, 0.2) is 0 Å². The first kappa shape index (κ1) is 19.9. The SMILES string of the molecule is O=C(NC1CCN(Cc2cccc(C(F)(F)F)c2)CC1)N1CCCC(O)C1. The van der Waals surface area contributed by atoms with Crippen molar-refractivity contribution in [2.75, 3.05) is 26.2 Å². The van der Waals surface area contributed by atoms with Gasteiger partial charge in [0.1, 0.15) is 0 Å². The van der Waals surface area contributed by atoms with Gasteiger partial charge in [-0.2, -0.15) is 13.2 Å². The van der Waals surface area contributed by atoms with Crippen LogP contribution in [0.1, 0.15) is 36.8 Å². The van der Waals surface area contributed by atoms with Gasteiger partial charge in [0, 0.05) is 38.8 Å². The molecule has 2 fully saturated rings. The smallest absolute Gasteiger partial charge is 0.391 e. The summed E-state index contributed by atoms with van der Waals surface area (Å²) in [6.07, 6.45) is -1.70. The largest absolute Gasteiger partial charge is 0.416 e. The minimum absolute atomic E-state index is 0.0642. The average Bonchev–Trinajstić information content (AvgIpc) is 2.63. The van der Waals surface area contributed by atoms with Crippen molar-refractivity contribution in [3.63, 3.8) is 0 Å². The molecule has 150 valence electrons. The molecule has 0 aromatic heterocycles. The summed E-state index contributed by atoms with van der Waals surface area (Å²) in [7, 11) is 0. The van der Waals surface area contributed by atoms with Crippen molar-refractivity contribution in [3.8, 4) is 0 Å². The van der Waals surface area contributed by atoms with Crippen molar-refractivity contribution < 1.29 is 23.1 Å². The van der Waals surface area contributed by atoms with E-state index >= 15 is 0 Å². The van der Waals surface area contributed by atoms with Crippen LogP contribution in [0.2, 0.25) is 0 Å². The van der Waals surface area contributed by atoms with Gasteiger partial charge in [-0.05, 0) is 37.3 Å². The number of rotatable bonds is 3. The zero-order chi connectivity index (χ0) is 19.4. The number of nitrogens with zero attached hydrogens (tertiary/aromatic N) is 2. The molecule has 3 rings (SSSR count). The van der Waals surface area contributed by atoms with E-state index in [2.05, 4.69) is 10.2 Å². The number of aliphatic hydroxyl groups excluding tert-OH is 1. The average molecular weight is 385 g/mol. The Hall–Kier alpha value is -1.80. The Labute approximate surface area is 157 Å². The standard InChI is InChI=1S/C19H26F3N3O2/c20-19(21,22)15-4-1-3-14(11-15)12-24-9-6-16(7-10-24)23-18(27)25-8-2-5-17(26)13-25/h1,3-4,11,16-17,26H,2,5-10,12-13H2,(H,23,27). The summed E-state index contributed by atoms with van der Waals surface area (Å²) in [5.74, 6) is 0. The van der Waals surface area contributed by atoms with Gasteiger partial charge in [-0.25, -0.2) is 4.79 Å². The number of hydrogen-bond donors (Lipinski definition) is 2. The Morgan fingerprint density at radius 2 is 1.93 bits per heavy atom. The molecule has 2 amide bonds. The maximum absolute atomic E-state index is 12.8. The fourth-order valence-corrected chi connectivity index (χ4v) is 3.74. The van der Waals surface area contributed by atoms with E-state index in [1.54, 1.807) is 11.0 Å². The van der Waals surface area contributed by atoms with E-state index in [0.717, 1.165) is 44.8 Å². The Morgan fingerprint density at radius 3 is 2.59 bits per heavy atom. The molecule has 1 unspecified atom stereocenters. The zero-order valence-electron chi connectivity index (χ0n) is 15.2. The van der Waals surface area contributed by atoms with Gasteiger partial charge in [-0.3, -0.25) is 4.90 Å². The zero-order valence-corrected chi connectivity index (χ0v) is 15.2. The topological polar surface area (TPSA) is 55.8 Å². The highest BCUT2D eigenvalue weighted by Crippen LogP contribution is 2.30. The van der Waals surface area contributed by atoms with Crippen LogP contribution in [0.25, 0.3) is 0 Å². The lowest BCUT2D eigenvalue weighted by molar-refractivity contribution is -0.137. The molecule has 2 aliphatic heterocycles. The number of β-amino-alcohol motifs (C(OH)–C–C–N with tert-alkyl or cyclic N) is 1. The van der Waals surface area contributed by atoms with Crippen molar-refractivity contribution in [1.29, 1.82) is 0 Å². The number of alkyl halides is 3. The number of carbonyl (C=O) groups is 1. The van der Waals surface area contributed by atoms with Crippen LogP contribution in [-0.2, 0) is 12.7 Å². The predicted octanol–water partition coefficient (Wildman–Crippen LogP) is 2.84. The number of hydrogen-bond acceptors (Lipinski definition) is 3. The number of aliphatic hydroxyl groups is 1. The lowest BCUT2D eigenvalue weighted by Crippen LogP contribution is -2.52. The number of amides is 2. The van der Waals surface area contributed by atoms with Crippen LogP contribution in [0.15, 0.2) is 24.3 Å². The lowest BCUT2D eigenvalue weighted by Gasteiger charge is -2.35. The summed E-state index contributed by atoms with van der Waals surface area (Å²) in [6, 6.07) is 5.38. The van der Waals surface area contributed by atoms with Crippen LogP contribution in [0.3, 0.4) is 0 Å². The molecule has 0 aliphatic carbocycles. The molecule has 27 heavy (non-hydrogen) atoms. The van der Waals surface area contributed by atoms with Crippen molar-refractivity contribution in [2.24, 2.45) is 0 Å². The van der Waals surface area contributed by atoms with Gasteiger partial charge >= 0.3 is 12.2 Å². The third kappa shape index (κ3) is 5.59. The number of likely N-dealkylation sites (tertiary alicyclic amines) is 2. The maximum atomic E-state index is 12.8. The van der Waals surface area contributed by atoms with E-state index in [4.69, 9.17) is 0 Å². The highest BCUT2D eigenvalue weighted by atomic mass is 19.4.